The van der Waals surface area contributed by atoms with Crippen LogP contribution in [0.25, 0.3) is 0 Å². The highest BCUT2D eigenvalue weighted by molar-refractivity contribution is 6.05. The molecule has 10 nitrogen and oxygen atoms in total. The minimum absolute atomic E-state index is 0.0638. The predicted molar refractivity (Wildman–Crippen MR) is 126 cm³/mol. The first kappa shape index (κ1) is 23.4. The average Bonchev–Trinajstić information content (AvgIpc) is 2.84. The molecule has 180 valence electrons. The molecule has 0 aliphatic carbocycles. The number of carbonyl (C=O) groups is 3. The van der Waals surface area contributed by atoms with E-state index < -0.39 is 0 Å². The molecule has 4 amide bonds. The second-order valence-electron chi connectivity index (χ2n) is 9.19. The Morgan fingerprint density at radius 3 is 2.45 bits per heavy atom. The highest BCUT2D eigenvalue weighted by Crippen LogP contribution is 2.25. The molecule has 3 fully saturated rings. The average molecular weight is 458 g/mol. The lowest BCUT2D eigenvalue weighted by Gasteiger charge is -2.40. The predicted octanol–water partition coefficient (Wildman–Crippen LogP) is 0.496. The summed E-state index contributed by atoms with van der Waals surface area (Å²) in [6, 6.07) is 3.42. The van der Waals surface area contributed by atoms with E-state index in [1.54, 1.807) is 18.1 Å². The molecule has 2 N–H and O–H groups in total. The van der Waals surface area contributed by atoms with Crippen LogP contribution < -0.4 is 20.4 Å². The third kappa shape index (κ3) is 5.62. The van der Waals surface area contributed by atoms with E-state index in [2.05, 4.69) is 30.3 Å². The molecule has 4 rings (SSSR count). The van der Waals surface area contributed by atoms with Crippen molar-refractivity contribution in [3.8, 4) is 0 Å². The number of piperidine rings is 1. The van der Waals surface area contributed by atoms with Gasteiger partial charge >= 0.3 is 6.03 Å². The second kappa shape index (κ2) is 10.5. The van der Waals surface area contributed by atoms with E-state index in [1.807, 2.05) is 19.1 Å². The number of nitrogens with one attached hydrogen (secondary N) is 2. The van der Waals surface area contributed by atoms with Crippen molar-refractivity contribution in [2.75, 3.05) is 69.2 Å². The maximum atomic E-state index is 12.0. The number of carbonyl (C=O) groups excluding carboxylic acids is 3. The lowest BCUT2D eigenvalue weighted by molar-refractivity contribution is -0.126. The van der Waals surface area contributed by atoms with E-state index in [-0.39, 0.29) is 23.9 Å². The van der Waals surface area contributed by atoms with Crippen LogP contribution in [-0.2, 0) is 9.59 Å². The highest BCUT2D eigenvalue weighted by atomic mass is 16.2. The maximum Gasteiger partial charge on any atom is 0.328 e. The van der Waals surface area contributed by atoms with E-state index in [9.17, 15) is 14.4 Å². The minimum Gasteiger partial charge on any atom is -0.358 e. The number of hydrogen-bond acceptors (Lipinski definition) is 7. The summed E-state index contributed by atoms with van der Waals surface area (Å²) in [5.41, 5.74) is 0.712. The summed E-state index contributed by atoms with van der Waals surface area (Å²) in [5.74, 6) is 1.47. The fourth-order valence-electron chi connectivity index (χ4n) is 4.95. The molecule has 3 aliphatic rings. The number of nitrogens with zero attached hydrogens (tertiary/aromatic N) is 5. The van der Waals surface area contributed by atoms with E-state index >= 15 is 0 Å². The molecule has 1 atom stereocenters. The van der Waals surface area contributed by atoms with E-state index in [1.165, 1.54) is 0 Å². The van der Waals surface area contributed by atoms with E-state index in [4.69, 9.17) is 0 Å². The Hall–Kier alpha value is -2.72. The summed E-state index contributed by atoms with van der Waals surface area (Å²) in [5, 5.41) is 5.09. The summed E-state index contributed by atoms with van der Waals surface area (Å²) < 4.78 is 0. The van der Waals surface area contributed by atoms with Crippen LogP contribution in [-0.4, -0.2) is 98.1 Å². The number of aromatic nitrogens is 1. The SMILES string of the molecule is CNC(=O)C(C)N1CCN(CC2CCN(c3ccc(N4CCC(=O)NC4=O)cn3)CC2)CC1. The molecular weight excluding hydrogens is 422 g/mol. The number of pyridine rings is 1. The first-order valence-corrected chi connectivity index (χ1v) is 11.9. The molecule has 0 saturated carbocycles. The van der Waals surface area contributed by atoms with Gasteiger partial charge in [0.25, 0.3) is 0 Å². The first-order chi connectivity index (χ1) is 15.9. The number of rotatable bonds is 6. The lowest BCUT2D eigenvalue weighted by atomic mass is 9.96. The van der Waals surface area contributed by atoms with Gasteiger partial charge in [-0.2, -0.15) is 0 Å². The second-order valence-corrected chi connectivity index (χ2v) is 9.19. The van der Waals surface area contributed by atoms with Crippen LogP contribution in [0.1, 0.15) is 26.2 Å². The maximum absolute atomic E-state index is 12.0. The standard InChI is InChI=1S/C23H35N7O3/c1-17(22(32)24-2)28-13-11-27(12-14-28)16-18-5-8-29(9-6-18)20-4-3-19(15-25-20)30-10-7-21(31)26-23(30)33/h3-4,15,17-18H,5-14,16H2,1-2H3,(H,24,32)(H,26,31,33). The zero-order chi connectivity index (χ0) is 23.4. The molecule has 4 heterocycles. The van der Waals surface area contributed by atoms with Gasteiger partial charge in [-0.1, -0.05) is 0 Å². The molecule has 0 radical (unpaired) electrons. The summed E-state index contributed by atoms with van der Waals surface area (Å²) in [6.45, 7) is 9.33. The summed E-state index contributed by atoms with van der Waals surface area (Å²) in [4.78, 5) is 48.5. The molecule has 1 aromatic rings. The van der Waals surface area contributed by atoms with Crippen LogP contribution in [0.15, 0.2) is 18.3 Å². The van der Waals surface area contributed by atoms with Crippen molar-refractivity contribution in [3.05, 3.63) is 18.3 Å². The van der Waals surface area contributed by atoms with Crippen LogP contribution in [0.2, 0.25) is 0 Å². The number of urea groups is 1. The third-order valence-corrected chi connectivity index (χ3v) is 7.13. The van der Waals surface area contributed by atoms with Crippen LogP contribution in [0, 0.1) is 5.92 Å². The van der Waals surface area contributed by atoms with Crippen molar-refractivity contribution in [1.82, 2.24) is 25.4 Å². The number of likely N-dealkylation sites (N-methyl/N-ethyl adjacent to an activating group) is 1. The largest absolute Gasteiger partial charge is 0.358 e. The summed E-state index contributed by atoms with van der Waals surface area (Å²) in [6.07, 6.45) is 4.29. The molecule has 3 saturated heterocycles. The zero-order valence-corrected chi connectivity index (χ0v) is 19.6. The quantitative estimate of drug-likeness (QED) is 0.641. The van der Waals surface area contributed by atoms with Gasteiger partial charge in [0.1, 0.15) is 5.82 Å². The van der Waals surface area contributed by atoms with Crippen LogP contribution >= 0.6 is 0 Å². The van der Waals surface area contributed by atoms with Crippen LogP contribution in [0.4, 0.5) is 16.3 Å². The van der Waals surface area contributed by atoms with Gasteiger partial charge in [-0.05, 0) is 37.8 Å². The Morgan fingerprint density at radius 1 is 1.12 bits per heavy atom. The van der Waals surface area contributed by atoms with Gasteiger partial charge < -0.3 is 15.1 Å². The van der Waals surface area contributed by atoms with Gasteiger partial charge in [0, 0.05) is 65.8 Å². The van der Waals surface area contributed by atoms with Crippen molar-refractivity contribution in [3.63, 3.8) is 0 Å². The first-order valence-electron chi connectivity index (χ1n) is 11.9. The van der Waals surface area contributed by atoms with Crippen molar-refractivity contribution in [2.45, 2.75) is 32.2 Å². The smallest absolute Gasteiger partial charge is 0.328 e. The van der Waals surface area contributed by atoms with Crippen molar-refractivity contribution >= 4 is 29.4 Å². The number of anilines is 2. The van der Waals surface area contributed by atoms with Gasteiger partial charge in [-0.25, -0.2) is 9.78 Å². The minimum atomic E-state index is -0.384. The molecule has 0 bridgehead atoms. The van der Waals surface area contributed by atoms with Crippen molar-refractivity contribution < 1.29 is 14.4 Å². The summed E-state index contributed by atoms with van der Waals surface area (Å²) >= 11 is 0. The molecule has 3 aliphatic heterocycles. The van der Waals surface area contributed by atoms with E-state index in [0.29, 0.717) is 24.6 Å². The van der Waals surface area contributed by atoms with Gasteiger partial charge in [0.05, 0.1) is 17.9 Å². The Morgan fingerprint density at radius 2 is 1.85 bits per heavy atom. The van der Waals surface area contributed by atoms with Crippen LogP contribution in [0.5, 0.6) is 0 Å². The zero-order valence-electron chi connectivity index (χ0n) is 19.6. The monoisotopic (exact) mass is 457 g/mol. The number of hydrogen-bond donors (Lipinski definition) is 2. The molecule has 10 heteroatoms. The summed E-state index contributed by atoms with van der Waals surface area (Å²) in [7, 11) is 1.70. The molecule has 0 aromatic carbocycles. The van der Waals surface area contributed by atoms with Crippen LogP contribution in [0.3, 0.4) is 0 Å². The van der Waals surface area contributed by atoms with Crippen molar-refractivity contribution in [1.29, 1.82) is 0 Å². The topological polar surface area (TPSA) is 101 Å². The fraction of sp³-hybridized carbons (Fsp3) is 0.652. The Labute approximate surface area is 195 Å². The lowest BCUT2D eigenvalue weighted by Crippen LogP contribution is -2.54. The third-order valence-electron chi connectivity index (χ3n) is 7.13. The normalized spacial score (nSPS) is 22.2. The highest BCUT2D eigenvalue weighted by Gasteiger charge is 2.28. The van der Waals surface area contributed by atoms with E-state index in [0.717, 1.165) is 64.5 Å². The number of amides is 4. The Kier molecular flexibility index (Phi) is 7.44. The Balaban J connectivity index is 1.21. The molecule has 1 unspecified atom stereocenters. The van der Waals surface area contributed by atoms with Gasteiger partial charge in [-0.15, -0.1) is 0 Å². The number of piperazine rings is 1. The van der Waals surface area contributed by atoms with Crippen molar-refractivity contribution in [2.24, 2.45) is 5.92 Å². The molecule has 33 heavy (non-hydrogen) atoms. The molecule has 1 aromatic heterocycles. The van der Waals surface area contributed by atoms with Gasteiger partial charge in [0.2, 0.25) is 11.8 Å². The number of imide groups is 1. The Bertz CT molecular complexity index is 846. The molecular formula is C23H35N7O3. The van der Waals surface area contributed by atoms with Gasteiger partial charge in [-0.3, -0.25) is 24.7 Å². The fourth-order valence-corrected chi connectivity index (χ4v) is 4.95. The molecule has 0 spiro atoms. The van der Waals surface area contributed by atoms with Gasteiger partial charge in [0.15, 0.2) is 0 Å².